The Kier molecular flexibility index (Phi) is 4.67. The summed E-state index contributed by atoms with van der Waals surface area (Å²) in [4.78, 5) is 19.7. The van der Waals surface area contributed by atoms with Crippen LogP contribution in [0.5, 0.6) is 0 Å². The van der Waals surface area contributed by atoms with Crippen LogP contribution in [-0.4, -0.2) is 38.8 Å². The summed E-state index contributed by atoms with van der Waals surface area (Å²) in [6.45, 7) is -0.189. The third kappa shape index (κ3) is 3.73. The third-order valence-corrected chi connectivity index (χ3v) is 4.31. The van der Waals surface area contributed by atoms with Gasteiger partial charge in [0.25, 0.3) is 0 Å². The molecule has 27 heavy (non-hydrogen) atoms. The number of benzene rings is 2. The number of amides is 1. The lowest BCUT2D eigenvalue weighted by Gasteiger charge is -2.14. The quantitative estimate of drug-likeness (QED) is 0.489. The molecule has 136 valence electrons. The first-order chi connectivity index (χ1) is 13.2. The van der Waals surface area contributed by atoms with Gasteiger partial charge in [0.1, 0.15) is 0 Å². The van der Waals surface area contributed by atoms with Crippen molar-refractivity contribution in [3.05, 3.63) is 72.2 Å². The average molecular weight is 362 g/mol. The fraction of sp³-hybridized carbons (Fsp3) is 0.150. The molecule has 3 N–H and O–H groups in total. The molecule has 1 atom stereocenters. The van der Waals surface area contributed by atoms with Gasteiger partial charge in [0.2, 0.25) is 5.82 Å². The molecule has 7 heteroatoms. The summed E-state index contributed by atoms with van der Waals surface area (Å²) in [6, 6.07) is 16.9. The number of hydrogen-bond acceptors (Lipinski definition) is 5. The molecule has 4 aromatic rings. The minimum Gasteiger partial charge on any atom is -0.394 e. The average Bonchev–Trinajstić information content (AvgIpc) is 3.37. The van der Waals surface area contributed by atoms with Gasteiger partial charge in [0.05, 0.1) is 12.6 Å². The van der Waals surface area contributed by atoms with Crippen LogP contribution in [0.3, 0.4) is 0 Å². The van der Waals surface area contributed by atoms with E-state index in [1.165, 1.54) is 0 Å². The molecule has 4 rings (SSSR count). The third-order valence-electron chi connectivity index (χ3n) is 4.31. The number of aliphatic hydroxyl groups is 1. The summed E-state index contributed by atoms with van der Waals surface area (Å²) in [7, 11) is 0. The normalized spacial score (nSPS) is 12.2. The van der Waals surface area contributed by atoms with E-state index in [9.17, 15) is 9.90 Å². The molecule has 0 radical (unpaired) electrons. The molecule has 0 bridgehead atoms. The van der Waals surface area contributed by atoms with Crippen molar-refractivity contribution in [1.82, 2.24) is 20.4 Å². The summed E-state index contributed by atoms with van der Waals surface area (Å²) in [6.07, 6.45) is 2.36. The van der Waals surface area contributed by atoms with Gasteiger partial charge in [-0.25, -0.2) is 0 Å². The smallest absolute Gasteiger partial charge is 0.316 e. The van der Waals surface area contributed by atoms with Crippen LogP contribution < -0.4 is 5.32 Å². The molecule has 0 aliphatic carbocycles. The zero-order valence-electron chi connectivity index (χ0n) is 14.4. The summed E-state index contributed by atoms with van der Waals surface area (Å²) in [5.41, 5.74) is 2.71. The molecule has 0 spiro atoms. The van der Waals surface area contributed by atoms with Crippen LogP contribution in [0.2, 0.25) is 0 Å². The Balaban J connectivity index is 1.47. The van der Waals surface area contributed by atoms with Crippen LogP contribution in [0.15, 0.2) is 65.3 Å². The van der Waals surface area contributed by atoms with Crippen molar-refractivity contribution in [2.45, 2.75) is 12.5 Å². The number of hydrogen-bond donors (Lipinski definition) is 3. The molecule has 0 aliphatic rings. The summed E-state index contributed by atoms with van der Waals surface area (Å²) in [5, 5.41) is 17.3. The van der Waals surface area contributed by atoms with E-state index in [-0.39, 0.29) is 12.5 Å². The molecule has 2 aromatic heterocycles. The number of nitrogens with one attached hydrogen (secondary N) is 2. The zero-order valence-corrected chi connectivity index (χ0v) is 14.4. The van der Waals surface area contributed by atoms with E-state index in [0.717, 1.165) is 22.0 Å². The van der Waals surface area contributed by atoms with Gasteiger partial charge in [0, 0.05) is 17.3 Å². The van der Waals surface area contributed by atoms with Crippen molar-refractivity contribution in [2.24, 2.45) is 0 Å². The maximum Gasteiger partial charge on any atom is 0.316 e. The summed E-state index contributed by atoms with van der Waals surface area (Å²) in [5.74, 6) is -0.312. The number of rotatable bonds is 6. The van der Waals surface area contributed by atoms with E-state index in [4.69, 9.17) is 4.52 Å². The highest BCUT2D eigenvalue weighted by Gasteiger charge is 2.20. The number of carbonyl (C=O) groups is 1. The fourth-order valence-electron chi connectivity index (χ4n) is 2.93. The van der Waals surface area contributed by atoms with Crippen LogP contribution in [0.1, 0.15) is 16.2 Å². The Morgan fingerprint density at radius 1 is 1.19 bits per heavy atom. The van der Waals surface area contributed by atoms with Crippen LogP contribution in [0.4, 0.5) is 0 Å². The first-order valence-electron chi connectivity index (χ1n) is 8.60. The maximum absolute atomic E-state index is 12.4. The number of carbonyl (C=O) groups excluding carboxylic acids is 1. The van der Waals surface area contributed by atoms with Crippen molar-refractivity contribution in [3.8, 4) is 11.4 Å². The minimum absolute atomic E-state index is 0.136. The van der Waals surface area contributed by atoms with Crippen molar-refractivity contribution in [3.63, 3.8) is 0 Å². The molecule has 2 aromatic carbocycles. The van der Waals surface area contributed by atoms with Crippen LogP contribution in [0, 0.1) is 0 Å². The predicted molar refractivity (Wildman–Crippen MR) is 100 cm³/mol. The standard InChI is InChI=1S/C20H18N4O3/c25-12-16(10-13-4-2-1-3-5-13)22-19(26)20-23-18(24-27-20)15-7-6-14-8-9-21-17(14)11-15/h1-9,11,16,21,25H,10,12H2,(H,22,26)/t16-/m1/s1. The van der Waals surface area contributed by atoms with Gasteiger partial charge >= 0.3 is 11.8 Å². The van der Waals surface area contributed by atoms with Gasteiger partial charge < -0.3 is 19.9 Å². The first kappa shape index (κ1) is 17.0. The van der Waals surface area contributed by atoms with Gasteiger partial charge in [-0.15, -0.1) is 0 Å². The molecule has 0 fully saturated rings. The number of aliphatic hydroxyl groups excluding tert-OH is 1. The topological polar surface area (TPSA) is 104 Å². The molecule has 7 nitrogen and oxygen atoms in total. The van der Waals surface area contributed by atoms with Crippen LogP contribution in [0.25, 0.3) is 22.3 Å². The molecular weight excluding hydrogens is 344 g/mol. The molecule has 2 heterocycles. The second-order valence-electron chi connectivity index (χ2n) is 6.25. The Labute approximate surface area is 155 Å². The first-order valence-corrected chi connectivity index (χ1v) is 8.60. The summed E-state index contributed by atoms with van der Waals surface area (Å²) < 4.78 is 5.11. The molecule has 0 saturated carbocycles. The zero-order chi connectivity index (χ0) is 18.6. The van der Waals surface area contributed by atoms with Crippen molar-refractivity contribution in [1.29, 1.82) is 0 Å². The maximum atomic E-state index is 12.4. The van der Waals surface area contributed by atoms with Crippen molar-refractivity contribution in [2.75, 3.05) is 6.61 Å². The van der Waals surface area contributed by atoms with Gasteiger partial charge in [-0.3, -0.25) is 4.79 Å². The molecule has 0 unspecified atom stereocenters. The van der Waals surface area contributed by atoms with Crippen molar-refractivity contribution < 1.29 is 14.4 Å². The lowest BCUT2D eigenvalue weighted by molar-refractivity contribution is 0.0872. The summed E-state index contributed by atoms with van der Waals surface area (Å²) >= 11 is 0. The second-order valence-corrected chi connectivity index (χ2v) is 6.25. The number of H-pyrrole nitrogens is 1. The number of nitrogens with zero attached hydrogens (tertiary/aromatic N) is 2. The van der Waals surface area contributed by atoms with E-state index in [1.54, 1.807) is 0 Å². The van der Waals surface area contributed by atoms with Gasteiger partial charge in [-0.1, -0.05) is 47.6 Å². The largest absolute Gasteiger partial charge is 0.394 e. The van der Waals surface area contributed by atoms with Crippen molar-refractivity contribution >= 4 is 16.8 Å². The predicted octanol–water partition coefficient (Wildman–Crippen LogP) is 2.55. The lowest BCUT2D eigenvalue weighted by atomic mass is 10.1. The molecule has 1 amide bonds. The van der Waals surface area contributed by atoms with Gasteiger partial charge in [-0.05, 0) is 29.5 Å². The highest BCUT2D eigenvalue weighted by molar-refractivity contribution is 5.90. The molecule has 0 aliphatic heterocycles. The Bertz CT molecular complexity index is 1060. The number of aromatic amines is 1. The Morgan fingerprint density at radius 3 is 2.85 bits per heavy atom. The minimum atomic E-state index is -0.510. The number of aromatic nitrogens is 3. The van der Waals surface area contributed by atoms with Gasteiger partial charge in [-0.2, -0.15) is 4.98 Å². The van der Waals surface area contributed by atoms with E-state index < -0.39 is 11.9 Å². The second kappa shape index (κ2) is 7.43. The molecular formula is C20H18N4O3. The molecule has 0 saturated heterocycles. The highest BCUT2D eigenvalue weighted by atomic mass is 16.5. The van der Waals surface area contributed by atoms with E-state index >= 15 is 0 Å². The SMILES string of the molecule is O=C(N[C@@H](CO)Cc1ccccc1)c1nc(-c2ccc3cc[nH]c3c2)no1. The van der Waals surface area contributed by atoms with Crippen LogP contribution >= 0.6 is 0 Å². The van der Waals surface area contributed by atoms with E-state index in [0.29, 0.717) is 12.2 Å². The van der Waals surface area contributed by atoms with E-state index in [2.05, 4.69) is 20.4 Å². The monoisotopic (exact) mass is 362 g/mol. The van der Waals surface area contributed by atoms with Gasteiger partial charge in [0.15, 0.2) is 0 Å². The van der Waals surface area contributed by atoms with E-state index in [1.807, 2.05) is 60.8 Å². The lowest BCUT2D eigenvalue weighted by Crippen LogP contribution is -2.39. The fourth-order valence-corrected chi connectivity index (χ4v) is 2.93. The van der Waals surface area contributed by atoms with Crippen LogP contribution in [-0.2, 0) is 6.42 Å². The Hall–Kier alpha value is -3.45. The highest BCUT2D eigenvalue weighted by Crippen LogP contribution is 2.21. The number of fused-ring (bicyclic) bond motifs is 1. The Morgan fingerprint density at radius 2 is 2.04 bits per heavy atom.